The van der Waals surface area contributed by atoms with Gasteiger partial charge in [-0.3, -0.25) is 4.79 Å². The van der Waals surface area contributed by atoms with Crippen molar-refractivity contribution in [3.05, 3.63) is 81.6 Å². The fourth-order valence-corrected chi connectivity index (χ4v) is 3.02. The number of Topliss-reactive ketones (excluding diaryl/α,β-unsaturated/α-hetero) is 1. The van der Waals surface area contributed by atoms with Crippen LogP contribution in [0.4, 0.5) is 0 Å². The highest BCUT2D eigenvalue weighted by Gasteiger charge is 2.39. The van der Waals surface area contributed by atoms with Crippen LogP contribution in [0.25, 0.3) is 10.4 Å². The predicted octanol–water partition coefficient (Wildman–Crippen LogP) is 3.43. The van der Waals surface area contributed by atoms with Crippen LogP contribution >= 0.6 is 0 Å². The number of nitriles is 1. The summed E-state index contributed by atoms with van der Waals surface area (Å²) in [5, 5.41) is 13.3. The standard InChI is InChI=1S/C19H15N5O3/c1-26-12-7-8-13-15(9-12)27-19(21)14(10-20)16(13)17(23-24-22)18(25)11-5-3-2-4-6-11/h2-9,16-17H,21H2,1H3. The molecule has 8 nitrogen and oxygen atoms in total. The van der Waals surface area contributed by atoms with Crippen LogP contribution < -0.4 is 15.2 Å². The number of benzene rings is 2. The van der Waals surface area contributed by atoms with Crippen LogP contribution in [0.5, 0.6) is 11.5 Å². The zero-order chi connectivity index (χ0) is 19.4. The van der Waals surface area contributed by atoms with Gasteiger partial charge in [-0.05, 0) is 11.6 Å². The third-order valence-electron chi connectivity index (χ3n) is 4.29. The van der Waals surface area contributed by atoms with Crippen molar-refractivity contribution in [3.63, 3.8) is 0 Å². The Balaban J connectivity index is 2.17. The zero-order valence-corrected chi connectivity index (χ0v) is 14.4. The molecule has 1 heterocycles. The molecule has 2 unspecified atom stereocenters. The lowest BCUT2D eigenvalue weighted by Crippen LogP contribution is -2.32. The van der Waals surface area contributed by atoms with Crippen molar-refractivity contribution < 1.29 is 14.3 Å². The Morgan fingerprint density at radius 2 is 2.11 bits per heavy atom. The van der Waals surface area contributed by atoms with Crippen molar-refractivity contribution in [1.29, 1.82) is 5.26 Å². The van der Waals surface area contributed by atoms with E-state index in [0.717, 1.165) is 0 Å². The molecule has 2 aromatic carbocycles. The van der Waals surface area contributed by atoms with E-state index in [4.69, 9.17) is 20.7 Å². The van der Waals surface area contributed by atoms with Gasteiger partial charge in [-0.2, -0.15) is 5.26 Å². The molecule has 27 heavy (non-hydrogen) atoms. The number of hydrogen-bond acceptors (Lipinski definition) is 6. The molecule has 0 aliphatic carbocycles. The summed E-state index contributed by atoms with van der Waals surface area (Å²) in [4.78, 5) is 15.9. The van der Waals surface area contributed by atoms with Crippen LogP contribution in [-0.2, 0) is 0 Å². The summed E-state index contributed by atoms with van der Waals surface area (Å²) < 4.78 is 10.7. The quantitative estimate of drug-likeness (QED) is 0.377. The Morgan fingerprint density at radius 1 is 1.37 bits per heavy atom. The first-order valence-electron chi connectivity index (χ1n) is 7.99. The van der Waals surface area contributed by atoms with Crippen molar-refractivity contribution in [1.82, 2.24) is 0 Å². The van der Waals surface area contributed by atoms with Crippen LogP contribution in [0.3, 0.4) is 0 Å². The van der Waals surface area contributed by atoms with E-state index in [1.54, 1.807) is 48.5 Å². The molecule has 1 aliphatic rings. The summed E-state index contributed by atoms with van der Waals surface area (Å²) in [7, 11) is 1.50. The first-order chi connectivity index (χ1) is 13.1. The highest BCUT2D eigenvalue weighted by atomic mass is 16.5. The molecule has 0 bridgehead atoms. The predicted molar refractivity (Wildman–Crippen MR) is 96.9 cm³/mol. The largest absolute Gasteiger partial charge is 0.497 e. The molecule has 0 aromatic heterocycles. The van der Waals surface area contributed by atoms with Gasteiger partial charge in [0.15, 0.2) is 5.78 Å². The first-order valence-corrected chi connectivity index (χ1v) is 7.99. The molecule has 134 valence electrons. The molecule has 0 fully saturated rings. The van der Waals surface area contributed by atoms with Crippen LogP contribution in [0.15, 0.2) is 65.1 Å². The van der Waals surface area contributed by atoms with Crippen molar-refractivity contribution >= 4 is 5.78 Å². The van der Waals surface area contributed by atoms with Crippen molar-refractivity contribution in [2.75, 3.05) is 7.11 Å². The normalized spacial score (nSPS) is 16.2. The summed E-state index contributed by atoms with van der Waals surface area (Å²) in [6.07, 6.45) is 0. The Kier molecular flexibility index (Phi) is 4.97. The number of azide groups is 1. The number of fused-ring (bicyclic) bond motifs is 1. The third kappa shape index (κ3) is 3.27. The topological polar surface area (TPSA) is 134 Å². The van der Waals surface area contributed by atoms with Gasteiger partial charge < -0.3 is 15.2 Å². The van der Waals surface area contributed by atoms with E-state index in [1.807, 2.05) is 6.07 Å². The molecule has 0 saturated heterocycles. The van der Waals surface area contributed by atoms with Crippen LogP contribution in [0, 0.1) is 11.3 Å². The summed E-state index contributed by atoms with van der Waals surface area (Å²) >= 11 is 0. The average Bonchev–Trinajstić information content (AvgIpc) is 2.71. The monoisotopic (exact) mass is 361 g/mol. The van der Waals surface area contributed by atoms with E-state index in [2.05, 4.69) is 10.0 Å². The van der Waals surface area contributed by atoms with Crippen LogP contribution in [-0.4, -0.2) is 18.9 Å². The van der Waals surface area contributed by atoms with E-state index in [-0.39, 0.29) is 11.5 Å². The van der Waals surface area contributed by atoms with Gasteiger partial charge in [-0.15, -0.1) is 0 Å². The number of rotatable bonds is 5. The SMILES string of the molecule is COc1ccc2c(c1)OC(N)=C(C#N)C2C(N=[N+]=[N-])C(=O)c1ccccc1. The minimum Gasteiger partial charge on any atom is -0.497 e. The molecular formula is C19H15N5O3. The van der Waals surface area contributed by atoms with E-state index in [9.17, 15) is 10.1 Å². The minimum atomic E-state index is -1.19. The molecule has 2 N–H and O–H groups in total. The zero-order valence-electron chi connectivity index (χ0n) is 14.4. The maximum Gasteiger partial charge on any atom is 0.205 e. The molecule has 0 radical (unpaired) electrons. The van der Waals surface area contributed by atoms with Crippen LogP contribution in [0.1, 0.15) is 21.8 Å². The lowest BCUT2D eigenvalue weighted by atomic mass is 9.80. The van der Waals surface area contributed by atoms with Gasteiger partial charge in [-0.25, -0.2) is 0 Å². The summed E-state index contributed by atoms with van der Waals surface area (Å²) in [6, 6.07) is 14.2. The summed E-state index contributed by atoms with van der Waals surface area (Å²) in [5.41, 5.74) is 15.9. The van der Waals surface area contributed by atoms with Gasteiger partial charge in [0.1, 0.15) is 23.6 Å². The van der Waals surface area contributed by atoms with Crippen molar-refractivity contribution in [3.8, 4) is 17.6 Å². The smallest absolute Gasteiger partial charge is 0.205 e. The van der Waals surface area contributed by atoms with E-state index < -0.39 is 17.7 Å². The molecule has 0 amide bonds. The van der Waals surface area contributed by atoms with Gasteiger partial charge in [0, 0.05) is 28.0 Å². The summed E-state index contributed by atoms with van der Waals surface area (Å²) in [6.45, 7) is 0. The first kappa shape index (κ1) is 17.9. The molecule has 2 atom stereocenters. The highest BCUT2D eigenvalue weighted by Crippen LogP contribution is 2.43. The van der Waals surface area contributed by atoms with E-state index >= 15 is 0 Å². The van der Waals surface area contributed by atoms with E-state index in [1.165, 1.54) is 7.11 Å². The van der Waals surface area contributed by atoms with Crippen molar-refractivity contribution in [2.24, 2.45) is 10.8 Å². The van der Waals surface area contributed by atoms with Crippen molar-refractivity contribution in [2.45, 2.75) is 12.0 Å². The van der Waals surface area contributed by atoms with Gasteiger partial charge >= 0.3 is 0 Å². The Bertz CT molecular complexity index is 1000. The number of ketones is 1. The maximum absolute atomic E-state index is 13.0. The number of nitrogens with two attached hydrogens (primary N) is 1. The molecule has 3 rings (SSSR count). The Hall–Kier alpha value is -3.95. The average molecular weight is 361 g/mol. The Morgan fingerprint density at radius 3 is 2.74 bits per heavy atom. The van der Waals surface area contributed by atoms with Gasteiger partial charge in [-0.1, -0.05) is 41.5 Å². The summed E-state index contributed by atoms with van der Waals surface area (Å²) in [5.74, 6) is -0.552. The van der Waals surface area contributed by atoms with Gasteiger partial charge in [0.25, 0.3) is 0 Å². The number of carbonyl (C=O) groups is 1. The minimum absolute atomic E-state index is 0.0364. The molecule has 0 spiro atoms. The van der Waals surface area contributed by atoms with Gasteiger partial charge in [0.05, 0.1) is 12.7 Å². The van der Waals surface area contributed by atoms with Crippen LogP contribution in [0.2, 0.25) is 0 Å². The molecule has 1 aliphatic heterocycles. The fraction of sp³-hybridized carbons (Fsp3) is 0.158. The Labute approximate surface area is 155 Å². The number of nitrogens with zero attached hydrogens (tertiary/aromatic N) is 4. The lowest BCUT2D eigenvalue weighted by Gasteiger charge is -2.29. The lowest BCUT2D eigenvalue weighted by molar-refractivity contribution is 0.0952. The molecule has 0 saturated carbocycles. The fourth-order valence-electron chi connectivity index (χ4n) is 3.02. The van der Waals surface area contributed by atoms with Gasteiger partial charge in [0.2, 0.25) is 5.88 Å². The maximum atomic E-state index is 13.0. The highest BCUT2D eigenvalue weighted by molar-refractivity contribution is 6.01. The second-order valence-electron chi connectivity index (χ2n) is 5.75. The number of ether oxygens (including phenoxy) is 2. The number of hydrogen-bond donors (Lipinski definition) is 1. The van der Waals surface area contributed by atoms with E-state index in [0.29, 0.717) is 22.6 Å². The molecule has 2 aromatic rings. The number of methoxy groups -OCH3 is 1. The third-order valence-corrected chi connectivity index (χ3v) is 4.29. The molecular weight excluding hydrogens is 346 g/mol. The second kappa shape index (κ2) is 7.52. The second-order valence-corrected chi connectivity index (χ2v) is 5.75. The molecule has 8 heteroatoms. The number of carbonyl (C=O) groups excluding carboxylic acids is 1.